The summed E-state index contributed by atoms with van der Waals surface area (Å²) in [5.74, 6) is 1.75. The van der Waals surface area contributed by atoms with Crippen LogP contribution in [0.3, 0.4) is 0 Å². The topological polar surface area (TPSA) is 28.6 Å². The van der Waals surface area contributed by atoms with Gasteiger partial charge in [-0.15, -0.1) is 0 Å². The van der Waals surface area contributed by atoms with E-state index in [4.69, 9.17) is 4.74 Å². The first-order valence-corrected chi connectivity index (χ1v) is 8.13. The molecule has 0 aromatic carbocycles. The lowest BCUT2D eigenvalue weighted by Gasteiger charge is -2.34. The van der Waals surface area contributed by atoms with Gasteiger partial charge in [-0.3, -0.25) is 4.90 Å². The third kappa shape index (κ3) is 2.85. The van der Waals surface area contributed by atoms with Crippen molar-refractivity contribution >= 4 is 21.7 Å². The van der Waals surface area contributed by atoms with Gasteiger partial charge in [0.1, 0.15) is 5.82 Å². The van der Waals surface area contributed by atoms with E-state index in [9.17, 15) is 0 Å². The highest BCUT2D eigenvalue weighted by Crippen LogP contribution is 2.31. The van der Waals surface area contributed by atoms with Gasteiger partial charge in [0.05, 0.1) is 17.7 Å². The average Bonchev–Trinajstić information content (AvgIpc) is 2.81. The second kappa shape index (κ2) is 6.00. The molecule has 2 atom stereocenters. The lowest BCUT2D eigenvalue weighted by Crippen LogP contribution is -2.46. The predicted molar refractivity (Wildman–Crippen MR) is 84.2 cm³/mol. The summed E-state index contributed by atoms with van der Waals surface area (Å²) >= 11 is 3.66. The van der Waals surface area contributed by atoms with E-state index in [1.807, 2.05) is 6.20 Å². The molecular weight excluding hydrogens is 318 g/mol. The van der Waals surface area contributed by atoms with Crippen LogP contribution in [0.4, 0.5) is 5.82 Å². The SMILES string of the molecule is Cc1cnc(N2CC(C)C(N3CCOCC3)C2)c(Br)c1. The summed E-state index contributed by atoms with van der Waals surface area (Å²) in [4.78, 5) is 9.60. The molecule has 2 aliphatic heterocycles. The minimum Gasteiger partial charge on any atom is -0.379 e. The van der Waals surface area contributed by atoms with Crippen molar-refractivity contribution in [1.29, 1.82) is 0 Å². The van der Waals surface area contributed by atoms with Crippen molar-refractivity contribution in [2.24, 2.45) is 5.92 Å². The number of aryl methyl sites for hydroxylation is 1. The fourth-order valence-electron chi connectivity index (χ4n) is 3.27. The second-order valence-corrected chi connectivity index (χ2v) is 6.77. The summed E-state index contributed by atoms with van der Waals surface area (Å²) in [7, 11) is 0. The zero-order valence-corrected chi connectivity index (χ0v) is 13.8. The van der Waals surface area contributed by atoms with Gasteiger partial charge in [0.25, 0.3) is 0 Å². The number of hydrogen-bond acceptors (Lipinski definition) is 4. The van der Waals surface area contributed by atoms with Crippen molar-refractivity contribution in [3.63, 3.8) is 0 Å². The van der Waals surface area contributed by atoms with Gasteiger partial charge in [-0.1, -0.05) is 6.92 Å². The van der Waals surface area contributed by atoms with Gasteiger partial charge in [-0.25, -0.2) is 4.98 Å². The number of halogens is 1. The van der Waals surface area contributed by atoms with Gasteiger partial charge in [0, 0.05) is 38.4 Å². The van der Waals surface area contributed by atoms with Crippen molar-refractivity contribution < 1.29 is 4.74 Å². The fourth-order valence-corrected chi connectivity index (χ4v) is 3.98. The first-order chi connectivity index (χ1) is 9.65. The van der Waals surface area contributed by atoms with Crippen LogP contribution in [0.2, 0.25) is 0 Å². The summed E-state index contributed by atoms with van der Waals surface area (Å²) < 4.78 is 6.57. The van der Waals surface area contributed by atoms with Crippen LogP contribution in [0.25, 0.3) is 0 Å². The third-order valence-corrected chi connectivity index (χ3v) is 4.93. The van der Waals surface area contributed by atoms with E-state index < -0.39 is 0 Å². The van der Waals surface area contributed by atoms with Gasteiger partial charge in [-0.05, 0) is 40.4 Å². The van der Waals surface area contributed by atoms with Crippen LogP contribution < -0.4 is 4.90 Å². The molecular formula is C15H22BrN3O. The van der Waals surface area contributed by atoms with E-state index in [1.54, 1.807) is 0 Å². The normalized spacial score (nSPS) is 28.1. The van der Waals surface area contributed by atoms with E-state index in [-0.39, 0.29) is 0 Å². The Labute approximate surface area is 129 Å². The van der Waals surface area contributed by atoms with Crippen molar-refractivity contribution in [3.05, 3.63) is 22.3 Å². The number of anilines is 1. The number of pyridine rings is 1. The molecule has 0 bridgehead atoms. The first-order valence-electron chi connectivity index (χ1n) is 7.34. The maximum absolute atomic E-state index is 5.46. The predicted octanol–water partition coefficient (Wildman–Crippen LogP) is 2.31. The van der Waals surface area contributed by atoms with Crippen molar-refractivity contribution in [2.75, 3.05) is 44.3 Å². The van der Waals surface area contributed by atoms with Crippen LogP contribution >= 0.6 is 15.9 Å². The summed E-state index contributed by atoms with van der Waals surface area (Å²) in [6, 6.07) is 2.77. The lowest BCUT2D eigenvalue weighted by molar-refractivity contribution is 0.0134. The third-order valence-electron chi connectivity index (χ3n) is 4.35. The number of rotatable bonds is 2. The quantitative estimate of drug-likeness (QED) is 0.826. The maximum atomic E-state index is 5.46. The molecule has 110 valence electrons. The smallest absolute Gasteiger partial charge is 0.142 e. The van der Waals surface area contributed by atoms with E-state index >= 15 is 0 Å². The first kappa shape index (κ1) is 14.3. The zero-order valence-electron chi connectivity index (χ0n) is 12.2. The Kier molecular flexibility index (Phi) is 4.29. The average molecular weight is 340 g/mol. The maximum Gasteiger partial charge on any atom is 0.142 e. The molecule has 0 amide bonds. The van der Waals surface area contributed by atoms with Gasteiger partial charge < -0.3 is 9.64 Å². The van der Waals surface area contributed by atoms with Crippen molar-refractivity contribution in [2.45, 2.75) is 19.9 Å². The molecule has 20 heavy (non-hydrogen) atoms. The summed E-state index contributed by atoms with van der Waals surface area (Å²) in [5, 5.41) is 0. The Bertz CT molecular complexity index is 476. The molecule has 0 N–H and O–H groups in total. The Morgan fingerprint density at radius 1 is 1.30 bits per heavy atom. The molecule has 0 saturated carbocycles. The Morgan fingerprint density at radius 3 is 2.75 bits per heavy atom. The highest BCUT2D eigenvalue weighted by molar-refractivity contribution is 9.10. The molecule has 0 radical (unpaired) electrons. The molecule has 1 aromatic rings. The highest BCUT2D eigenvalue weighted by Gasteiger charge is 2.35. The molecule has 5 heteroatoms. The zero-order chi connectivity index (χ0) is 14.1. The number of ether oxygens (including phenoxy) is 1. The minimum atomic E-state index is 0.619. The van der Waals surface area contributed by atoms with Crippen LogP contribution in [0, 0.1) is 12.8 Å². The van der Waals surface area contributed by atoms with E-state index in [1.165, 1.54) is 5.56 Å². The summed E-state index contributed by atoms with van der Waals surface area (Å²) in [5.41, 5.74) is 1.19. The molecule has 2 saturated heterocycles. The van der Waals surface area contributed by atoms with E-state index in [0.717, 1.165) is 49.7 Å². The van der Waals surface area contributed by atoms with E-state index in [2.05, 4.69) is 50.6 Å². The Morgan fingerprint density at radius 2 is 2.05 bits per heavy atom. The molecule has 3 rings (SSSR count). The molecule has 1 aromatic heterocycles. The molecule has 2 fully saturated rings. The molecule has 4 nitrogen and oxygen atoms in total. The molecule has 2 aliphatic rings. The molecule has 0 spiro atoms. The standard InChI is InChI=1S/C15H22BrN3O/c1-11-7-13(16)15(17-8-11)19-9-12(2)14(10-19)18-3-5-20-6-4-18/h7-8,12,14H,3-6,9-10H2,1-2H3. The molecule has 2 unspecified atom stereocenters. The second-order valence-electron chi connectivity index (χ2n) is 5.92. The monoisotopic (exact) mass is 339 g/mol. The molecule has 3 heterocycles. The fraction of sp³-hybridized carbons (Fsp3) is 0.667. The largest absolute Gasteiger partial charge is 0.379 e. The van der Waals surface area contributed by atoms with Crippen LogP contribution in [-0.4, -0.2) is 55.3 Å². The molecule has 0 aliphatic carbocycles. The van der Waals surface area contributed by atoms with Gasteiger partial charge in [0.15, 0.2) is 0 Å². The van der Waals surface area contributed by atoms with Gasteiger partial charge in [-0.2, -0.15) is 0 Å². The van der Waals surface area contributed by atoms with Crippen LogP contribution in [-0.2, 0) is 4.74 Å². The lowest BCUT2D eigenvalue weighted by atomic mass is 10.0. The van der Waals surface area contributed by atoms with E-state index in [0.29, 0.717) is 12.0 Å². The minimum absolute atomic E-state index is 0.619. The van der Waals surface area contributed by atoms with Crippen LogP contribution in [0.5, 0.6) is 0 Å². The van der Waals surface area contributed by atoms with Crippen LogP contribution in [0.15, 0.2) is 16.7 Å². The van der Waals surface area contributed by atoms with Crippen molar-refractivity contribution in [3.8, 4) is 0 Å². The van der Waals surface area contributed by atoms with Crippen molar-refractivity contribution in [1.82, 2.24) is 9.88 Å². The number of aromatic nitrogens is 1. The number of nitrogens with zero attached hydrogens (tertiary/aromatic N) is 3. The summed E-state index contributed by atoms with van der Waals surface area (Å²) in [6.45, 7) is 10.4. The Hall–Kier alpha value is -0.650. The Balaban J connectivity index is 1.73. The number of hydrogen-bond donors (Lipinski definition) is 0. The van der Waals surface area contributed by atoms with Gasteiger partial charge >= 0.3 is 0 Å². The highest BCUT2D eigenvalue weighted by atomic mass is 79.9. The van der Waals surface area contributed by atoms with Crippen LogP contribution in [0.1, 0.15) is 12.5 Å². The van der Waals surface area contributed by atoms with Gasteiger partial charge in [0.2, 0.25) is 0 Å². The summed E-state index contributed by atoms with van der Waals surface area (Å²) in [6.07, 6.45) is 1.95. The number of morpholine rings is 1.